The number of hydrogen-bond acceptors (Lipinski definition) is 11. The number of pyridine rings is 2. The van der Waals surface area contributed by atoms with Crippen LogP contribution in [0.15, 0.2) is 87.8 Å². The molecule has 0 radical (unpaired) electrons. The van der Waals surface area contributed by atoms with Crippen LogP contribution in [0.25, 0.3) is 22.1 Å². The van der Waals surface area contributed by atoms with Crippen LogP contribution in [-0.4, -0.2) is 52.9 Å². The van der Waals surface area contributed by atoms with Crippen LogP contribution < -0.4 is 16.4 Å². The van der Waals surface area contributed by atoms with Crippen molar-refractivity contribution in [2.75, 3.05) is 12.4 Å². The number of nitrogens with zero attached hydrogens (tertiary/aromatic N) is 6. The van der Waals surface area contributed by atoms with Crippen molar-refractivity contribution in [2.24, 2.45) is 14.1 Å². The lowest BCUT2D eigenvalue weighted by Gasteiger charge is -2.26. The highest BCUT2D eigenvalue weighted by atomic mass is 32.2. The summed E-state index contributed by atoms with van der Waals surface area (Å²) in [5.41, 5.74) is 1.42. The predicted molar refractivity (Wildman–Crippen MR) is 191 cm³/mol. The van der Waals surface area contributed by atoms with Crippen LogP contribution in [0.4, 0.5) is 14.7 Å². The molecule has 0 unspecified atom stereocenters. The number of aromatic nitrogens is 6. The quantitative estimate of drug-likeness (QED) is 0.0827. The number of halogens is 2. The van der Waals surface area contributed by atoms with Gasteiger partial charge in [0.05, 0.1) is 18.8 Å². The molecule has 51 heavy (non-hydrogen) atoms. The summed E-state index contributed by atoms with van der Waals surface area (Å²) in [5, 5.41) is 14.8. The van der Waals surface area contributed by atoms with E-state index in [9.17, 15) is 23.5 Å². The van der Waals surface area contributed by atoms with E-state index in [1.807, 2.05) is 6.92 Å². The van der Waals surface area contributed by atoms with Crippen molar-refractivity contribution in [3.05, 3.63) is 128 Å². The molecule has 0 saturated carbocycles. The van der Waals surface area contributed by atoms with Gasteiger partial charge in [-0.2, -0.15) is 9.32 Å². The average Bonchev–Trinajstić information content (AvgIpc) is 3.10. The first kappa shape index (κ1) is 37.2. The third-order valence-corrected chi connectivity index (χ3v) is 8.83. The van der Waals surface area contributed by atoms with Crippen molar-refractivity contribution in [3.8, 4) is 0 Å². The minimum Gasteiger partial charge on any atom is -0.388 e. The number of fused-ring (bicyclic) bond motifs is 2. The number of anilines is 1. The Morgan fingerprint density at radius 3 is 1.80 bits per heavy atom. The van der Waals surface area contributed by atoms with Gasteiger partial charge >= 0.3 is 0 Å². The van der Waals surface area contributed by atoms with Crippen molar-refractivity contribution < 1.29 is 23.1 Å². The summed E-state index contributed by atoms with van der Waals surface area (Å²) in [6.45, 7) is 5.21. The summed E-state index contributed by atoms with van der Waals surface area (Å²) >= 11 is 0.849. The van der Waals surface area contributed by atoms with Crippen LogP contribution in [0.2, 0.25) is 0 Å². The summed E-state index contributed by atoms with van der Waals surface area (Å²) in [6, 6.07) is 15.9. The smallest absolute Gasteiger partial charge is 0.255 e. The molecule has 0 amide bonds. The van der Waals surface area contributed by atoms with Gasteiger partial charge in [0.1, 0.15) is 35.0 Å². The minimum absolute atomic E-state index is 0.199. The molecule has 2 N–H and O–H groups in total. The minimum atomic E-state index is -0.951. The SMILES string of the molecule is COOSc1ncc2cc(Cc3ccccc3F)c(=O)n(C)c2n1.C[C@H](Nc1ncc2cc(Cc3ccccc3F)c(=O)n(C)c2n1)C(C)(C)O. The van der Waals surface area contributed by atoms with Gasteiger partial charge in [-0.25, -0.2) is 28.6 Å². The van der Waals surface area contributed by atoms with Crippen LogP contribution in [0.5, 0.6) is 0 Å². The first-order valence-corrected chi connectivity index (χ1v) is 16.5. The van der Waals surface area contributed by atoms with Gasteiger partial charge < -0.3 is 10.4 Å². The highest BCUT2D eigenvalue weighted by molar-refractivity contribution is 7.94. The molecule has 15 heteroatoms. The Morgan fingerprint density at radius 2 is 1.31 bits per heavy atom. The molecule has 266 valence electrons. The lowest BCUT2D eigenvalue weighted by Crippen LogP contribution is -2.39. The zero-order valence-corrected chi connectivity index (χ0v) is 29.7. The summed E-state index contributed by atoms with van der Waals surface area (Å²) < 4.78 is 35.3. The molecule has 6 aromatic rings. The zero-order valence-electron chi connectivity index (χ0n) is 28.8. The van der Waals surface area contributed by atoms with Crippen LogP contribution in [-0.2, 0) is 36.2 Å². The second-order valence-electron chi connectivity index (χ2n) is 12.3. The standard InChI is InChI=1S/C20H23FN4O2.C16H14FN3O3S/c1-12(20(2,3)27)23-19-22-11-15-10-14(18(26)25(4)17(15)24-19)9-13-7-5-6-8-16(13)21;1-20-14-12(9-18-16(19-14)24-23-22-2)8-11(15(20)21)7-10-5-3-4-6-13(10)17/h5-8,10-12,27H,9H2,1-4H3,(H,22,23,24);3-6,8-9H,7H2,1-2H3/t12-;/m0./s1. The average molecular weight is 718 g/mol. The van der Waals surface area contributed by atoms with Gasteiger partial charge in [-0.05, 0) is 56.2 Å². The van der Waals surface area contributed by atoms with Crippen molar-refractivity contribution in [1.29, 1.82) is 0 Å². The Balaban J connectivity index is 0.000000199. The summed E-state index contributed by atoms with van der Waals surface area (Å²) in [7, 11) is 4.62. The van der Waals surface area contributed by atoms with E-state index < -0.39 is 5.60 Å². The Morgan fingerprint density at radius 1 is 0.824 bits per heavy atom. The lowest BCUT2D eigenvalue weighted by molar-refractivity contribution is -0.160. The van der Waals surface area contributed by atoms with Crippen molar-refractivity contribution in [3.63, 3.8) is 0 Å². The number of benzene rings is 2. The molecule has 0 saturated heterocycles. The monoisotopic (exact) mass is 717 g/mol. The molecule has 4 aromatic heterocycles. The number of nitrogens with one attached hydrogen (secondary N) is 1. The summed E-state index contributed by atoms with van der Waals surface area (Å²) in [4.78, 5) is 46.8. The maximum atomic E-state index is 13.9. The number of aryl methyl sites for hydroxylation is 2. The van der Waals surface area contributed by atoms with Crippen LogP contribution in [0.1, 0.15) is 43.0 Å². The molecule has 4 heterocycles. The highest BCUT2D eigenvalue weighted by Crippen LogP contribution is 2.20. The Kier molecular flexibility index (Phi) is 11.6. The fourth-order valence-electron chi connectivity index (χ4n) is 5.10. The van der Waals surface area contributed by atoms with Gasteiger partial charge in [0, 0.05) is 61.2 Å². The van der Waals surface area contributed by atoms with Crippen LogP contribution in [0.3, 0.4) is 0 Å². The maximum Gasteiger partial charge on any atom is 0.255 e. The molecule has 0 aliphatic heterocycles. The number of aliphatic hydroxyl groups is 1. The third-order valence-electron chi connectivity index (χ3n) is 8.28. The molecule has 0 aliphatic rings. The fourth-order valence-corrected chi connectivity index (χ4v) is 5.45. The summed E-state index contributed by atoms with van der Waals surface area (Å²) in [5.74, 6) is -0.343. The van der Waals surface area contributed by atoms with E-state index in [1.165, 1.54) is 28.4 Å². The highest BCUT2D eigenvalue weighted by Gasteiger charge is 2.23. The van der Waals surface area contributed by atoms with E-state index >= 15 is 0 Å². The molecule has 0 bridgehead atoms. The summed E-state index contributed by atoms with van der Waals surface area (Å²) in [6.07, 6.45) is 3.61. The molecule has 12 nitrogen and oxygen atoms in total. The topological polar surface area (TPSA) is 146 Å². The van der Waals surface area contributed by atoms with Crippen LogP contribution in [0, 0.1) is 11.6 Å². The fraction of sp³-hybridized carbons (Fsp3) is 0.278. The van der Waals surface area contributed by atoms with Gasteiger partial charge in [0.2, 0.25) is 11.1 Å². The van der Waals surface area contributed by atoms with Crippen LogP contribution >= 0.6 is 12.0 Å². The van der Waals surface area contributed by atoms with E-state index in [0.717, 1.165) is 12.0 Å². The Hall–Kier alpha value is -5.09. The van der Waals surface area contributed by atoms with Crippen molar-refractivity contribution in [1.82, 2.24) is 29.1 Å². The van der Waals surface area contributed by atoms with Gasteiger partial charge in [0.15, 0.2) is 0 Å². The molecular formula is C36H37F2N7O5S. The Bertz CT molecular complexity index is 2310. The molecule has 0 spiro atoms. The maximum absolute atomic E-state index is 13.9. The largest absolute Gasteiger partial charge is 0.388 e. The van der Waals surface area contributed by atoms with Gasteiger partial charge in [-0.15, -0.1) is 0 Å². The van der Waals surface area contributed by atoms with Crippen molar-refractivity contribution in [2.45, 2.75) is 50.4 Å². The molecule has 6 rings (SSSR count). The van der Waals surface area contributed by atoms with E-state index in [-0.39, 0.29) is 41.6 Å². The second-order valence-corrected chi connectivity index (χ2v) is 13.0. The van der Waals surface area contributed by atoms with Crippen molar-refractivity contribution >= 4 is 40.1 Å². The normalized spacial score (nSPS) is 12.1. The van der Waals surface area contributed by atoms with Gasteiger partial charge in [-0.1, -0.05) is 36.4 Å². The molecular weight excluding hydrogens is 681 g/mol. The third kappa shape index (κ3) is 8.80. The number of rotatable bonds is 10. The van der Waals surface area contributed by atoms with Gasteiger partial charge in [0.25, 0.3) is 11.1 Å². The molecule has 0 fully saturated rings. The van der Waals surface area contributed by atoms with E-state index in [4.69, 9.17) is 4.33 Å². The first-order valence-electron chi connectivity index (χ1n) is 15.8. The van der Waals surface area contributed by atoms with Gasteiger partial charge in [-0.3, -0.25) is 18.7 Å². The first-order chi connectivity index (χ1) is 24.3. The molecule has 1 atom stereocenters. The van der Waals surface area contributed by atoms with E-state index in [0.29, 0.717) is 55.4 Å². The predicted octanol–water partition coefficient (Wildman–Crippen LogP) is 5.27. The zero-order chi connectivity index (χ0) is 36.9. The van der Waals surface area contributed by atoms with E-state index in [1.54, 1.807) is 88.9 Å². The lowest BCUT2D eigenvalue weighted by atomic mass is 10.0. The second kappa shape index (κ2) is 15.9. The van der Waals surface area contributed by atoms with E-state index in [2.05, 4.69) is 30.1 Å². The molecule has 0 aliphatic carbocycles. The Labute approximate surface area is 296 Å². The molecule has 2 aromatic carbocycles. The number of hydrogen-bond donors (Lipinski definition) is 2.